The summed E-state index contributed by atoms with van der Waals surface area (Å²) in [5, 5.41) is 11.3. The van der Waals surface area contributed by atoms with Gasteiger partial charge in [-0.2, -0.15) is 0 Å². The van der Waals surface area contributed by atoms with Crippen LogP contribution in [0.3, 0.4) is 0 Å². The monoisotopic (exact) mass is 716 g/mol. The lowest BCUT2D eigenvalue weighted by Crippen LogP contribution is -2.60. The number of ether oxygens (including phenoxy) is 1. The van der Waals surface area contributed by atoms with E-state index in [1.54, 1.807) is 12.1 Å². The molecule has 4 fully saturated rings. The van der Waals surface area contributed by atoms with Crippen molar-refractivity contribution in [2.24, 2.45) is 17.8 Å². The molecule has 2 heterocycles. The number of hydrogen-bond acceptors (Lipinski definition) is 6. The van der Waals surface area contributed by atoms with Gasteiger partial charge in [-0.1, -0.05) is 62.8 Å². The number of fused-ring (bicyclic) bond motifs is 4. The van der Waals surface area contributed by atoms with Gasteiger partial charge in [-0.25, -0.2) is 0 Å². The fourth-order valence-corrected chi connectivity index (χ4v) is 9.66. The Morgan fingerprint density at radius 3 is 2.40 bits per heavy atom. The van der Waals surface area contributed by atoms with Crippen molar-refractivity contribution < 1.29 is 29.0 Å². The lowest BCUT2D eigenvalue weighted by molar-refractivity contribution is -0.144. The molecule has 0 spiro atoms. The number of phenols is 1. The van der Waals surface area contributed by atoms with E-state index in [0.717, 1.165) is 37.0 Å². The SMILES string of the molecule is COc1cc(Br)cc(C2C3=CCC4C(=O)N(C5CCCCC5)C(=O)C4C3CC3(Cl)C(=O)N(CBr)C(=O)C23Cl)c1O. The van der Waals surface area contributed by atoms with Gasteiger partial charge in [-0.3, -0.25) is 29.0 Å². The number of rotatable bonds is 4. The fraction of sp³-hybridized carbons (Fsp3) is 0.571. The molecule has 6 atom stereocenters. The molecule has 12 heteroatoms. The second-order valence-electron chi connectivity index (χ2n) is 11.4. The van der Waals surface area contributed by atoms with Gasteiger partial charge in [0.05, 0.1) is 24.4 Å². The third kappa shape index (κ3) is 3.67. The fourth-order valence-electron chi connectivity index (χ4n) is 7.79. The number of carbonyl (C=O) groups excluding carboxylic acids is 4. The molecule has 40 heavy (non-hydrogen) atoms. The van der Waals surface area contributed by atoms with Crippen molar-refractivity contribution in [1.29, 1.82) is 0 Å². The van der Waals surface area contributed by atoms with Crippen LogP contribution in [0.4, 0.5) is 0 Å². The number of likely N-dealkylation sites (tertiary alicyclic amines) is 2. The Morgan fingerprint density at radius 2 is 1.75 bits per heavy atom. The Labute approximate surface area is 258 Å². The van der Waals surface area contributed by atoms with E-state index in [-0.39, 0.29) is 46.8 Å². The van der Waals surface area contributed by atoms with E-state index in [2.05, 4.69) is 31.9 Å². The van der Waals surface area contributed by atoms with Gasteiger partial charge in [0.25, 0.3) is 11.8 Å². The summed E-state index contributed by atoms with van der Waals surface area (Å²) in [4.78, 5) is 53.9. The van der Waals surface area contributed by atoms with Crippen LogP contribution in [-0.2, 0) is 19.2 Å². The normalized spacial score (nSPS) is 36.0. The molecule has 1 aromatic carbocycles. The first kappa shape index (κ1) is 28.5. The van der Waals surface area contributed by atoms with E-state index < -0.39 is 45.2 Å². The Balaban J connectivity index is 1.53. The van der Waals surface area contributed by atoms with E-state index in [9.17, 15) is 24.3 Å². The van der Waals surface area contributed by atoms with Gasteiger partial charge in [0, 0.05) is 22.0 Å². The smallest absolute Gasteiger partial charge is 0.254 e. The van der Waals surface area contributed by atoms with Crippen LogP contribution in [0, 0.1) is 17.8 Å². The lowest BCUT2D eigenvalue weighted by Gasteiger charge is -2.50. The highest BCUT2D eigenvalue weighted by Crippen LogP contribution is 2.66. The largest absolute Gasteiger partial charge is 0.504 e. The maximum Gasteiger partial charge on any atom is 0.254 e. The highest BCUT2D eigenvalue weighted by Gasteiger charge is 2.76. The molecule has 5 aliphatic rings. The van der Waals surface area contributed by atoms with Crippen LogP contribution in [0.1, 0.15) is 56.4 Å². The second-order valence-corrected chi connectivity index (χ2v) is 14.0. The van der Waals surface area contributed by atoms with Crippen molar-refractivity contribution >= 4 is 78.7 Å². The van der Waals surface area contributed by atoms with Crippen LogP contribution in [0.5, 0.6) is 11.5 Å². The quantitative estimate of drug-likeness (QED) is 0.199. The zero-order chi connectivity index (χ0) is 28.7. The Morgan fingerprint density at radius 1 is 1.05 bits per heavy atom. The molecule has 2 saturated heterocycles. The van der Waals surface area contributed by atoms with Crippen molar-refractivity contribution in [3.63, 3.8) is 0 Å². The average Bonchev–Trinajstić information content (AvgIpc) is 3.28. The molecule has 1 N–H and O–H groups in total. The summed E-state index contributed by atoms with van der Waals surface area (Å²) in [5.74, 6) is -4.87. The standard InChI is InChI=1S/C28H28Br2Cl2N2O6/c1-40-19-10-13(30)9-17(22(19)35)21-15-7-8-16-20(24(37)34(23(16)36)14-5-3-2-4-6-14)18(15)11-27(31)25(38)33(12-29)26(39)28(21,27)32/h7,9-10,14,16,18,20-21,35H,2-6,8,11-12H2,1H3. The van der Waals surface area contributed by atoms with Crippen LogP contribution in [0.25, 0.3) is 0 Å². The zero-order valence-electron chi connectivity index (χ0n) is 21.7. The molecule has 1 aromatic rings. The molecule has 0 bridgehead atoms. The molecule has 6 rings (SSSR count). The number of halogens is 4. The molecular formula is C28H28Br2Cl2N2O6. The van der Waals surface area contributed by atoms with Crippen LogP contribution >= 0.6 is 55.1 Å². The van der Waals surface area contributed by atoms with Gasteiger partial charge in [-0.15, -0.1) is 23.2 Å². The van der Waals surface area contributed by atoms with Gasteiger partial charge in [0.2, 0.25) is 11.8 Å². The van der Waals surface area contributed by atoms with E-state index >= 15 is 0 Å². The summed E-state index contributed by atoms with van der Waals surface area (Å²) >= 11 is 21.2. The summed E-state index contributed by atoms with van der Waals surface area (Å²) in [7, 11) is 1.40. The predicted octanol–water partition coefficient (Wildman–Crippen LogP) is 5.21. The molecule has 3 aliphatic carbocycles. The summed E-state index contributed by atoms with van der Waals surface area (Å²) in [6.07, 6.45) is 6.67. The number of imide groups is 2. The minimum absolute atomic E-state index is 0.0843. The Kier molecular flexibility index (Phi) is 7.12. The Bertz CT molecular complexity index is 1370. The van der Waals surface area contributed by atoms with Crippen LogP contribution < -0.4 is 4.74 Å². The van der Waals surface area contributed by atoms with Crippen molar-refractivity contribution in [2.75, 3.05) is 12.6 Å². The number of hydrogen-bond donors (Lipinski definition) is 1. The summed E-state index contributed by atoms with van der Waals surface area (Å²) in [6, 6.07) is 3.08. The van der Waals surface area contributed by atoms with Gasteiger partial charge < -0.3 is 9.84 Å². The maximum atomic E-state index is 14.1. The van der Waals surface area contributed by atoms with Crippen LogP contribution in [-0.4, -0.2) is 66.9 Å². The lowest BCUT2D eigenvalue weighted by atomic mass is 9.56. The number of benzene rings is 1. The summed E-state index contributed by atoms with van der Waals surface area (Å²) in [5.41, 5.74) is 0.767. The van der Waals surface area contributed by atoms with Crippen LogP contribution in [0.2, 0.25) is 0 Å². The van der Waals surface area contributed by atoms with Crippen molar-refractivity contribution in [1.82, 2.24) is 9.80 Å². The van der Waals surface area contributed by atoms with Crippen LogP contribution in [0.15, 0.2) is 28.3 Å². The van der Waals surface area contributed by atoms with Crippen molar-refractivity contribution in [2.45, 2.75) is 66.7 Å². The highest BCUT2D eigenvalue weighted by molar-refractivity contribution is 9.10. The maximum absolute atomic E-state index is 14.1. The van der Waals surface area contributed by atoms with Crippen molar-refractivity contribution in [3.05, 3.63) is 33.8 Å². The number of aromatic hydroxyl groups is 1. The minimum atomic E-state index is -1.99. The molecule has 2 aliphatic heterocycles. The molecule has 0 aromatic heterocycles. The second kappa shape index (κ2) is 9.99. The number of alkyl halides is 3. The third-order valence-electron chi connectivity index (χ3n) is 9.59. The van der Waals surface area contributed by atoms with Gasteiger partial charge in [-0.05, 0) is 43.7 Å². The number of carbonyl (C=O) groups is 4. The number of amides is 4. The molecule has 2 saturated carbocycles. The third-order valence-corrected chi connectivity index (χ3v) is 12.0. The molecule has 4 amide bonds. The number of allylic oxidation sites excluding steroid dienone is 2. The average molecular weight is 719 g/mol. The predicted molar refractivity (Wildman–Crippen MR) is 154 cm³/mol. The molecule has 214 valence electrons. The molecule has 8 nitrogen and oxygen atoms in total. The van der Waals surface area contributed by atoms with Gasteiger partial charge in [0.1, 0.15) is 0 Å². The topological polar surface area (TPSA) is 104 Å². The van der Waals surface area contributed by atoms with E-state index in [1.807, 2.05) is 6.08 Å². The first-order valence-electron chi connectivity index (χ1n) is 13.4. The first-order valence-corrected chi connectivity index (χ1v) is 16.1. The van der Waals surface area contributed by atoms with Gasteiger partial charge in [0.15, 0.2) is 21.2 Å². The number of nitrogens with zero attached hydrogens (tertiary/aromatic N) is 2. The van der Waals surface area contributed by atoms with E-state index in [4.69, 9.17) is 27.9 Å². The number of methoxy groups -OCH3 is 1. The number of phenolic OH excluding ortho intramolecular Hbond substituents is 1. The van der Waals surface area contributed by atoms with E-state index in [1.165, 1.54) is 12.0 Å². The van der Waals surface area contributed by atoms with Gasteiger partial charge >= 0.3 is 0 Å². The molecule has 0 radical (unpaired) electrons. The van der Waals surface area contributed by atoms with Crippen molar-refractivity contribution in [3.8, 4) is 11.5 Å². The first-order chi connectivity index (χ1) is 19.0. The zero-order valence-corrected chi connectivity index (χ0v) is 26.4. The summed E-state index contributed by atoms with van der Waals surface area (Å²) < 4.78 is 5.94. The highest BCUT2D eigenvalue weighted by atomic mass is 79.9. The molecular weight excluding hydrogens is 691 g/mol. The Hall–Kier alpha value is -1.62. The minimum Gasteiger partial charge on any atom is -0.504 e. The van der Waals surface area contributed by atoms with E-state index in [0.29, 0.717) is 16.5 Å². The molecule has 6 unspecified atom stereocenters. The summed E-state index contributed by atoms with van der Waals surface area (Å²) in [6.45, 7) is 0.